The number of amides is 2. The van der Waals surface area contributed by atoms with Crippen molar-refractivity contribution in [1.29, 1.82) is 0 Å². The van der Waals surface area contributed by atoms with Crippen LogP contribution in [-0.4, -0.2) is 39.0 Å². The van der Waals surface area contributed by atoms with Gasteiger partial charge in [0, 0.05) is 11.3 Å². The molecule has 2 aliphatic heterocycles. The molecule has 2 amide bonds. The van der Waals surface area contributed by atoms with Crippen molar-refractivity contribution in [2.24, 2.45) is 9.98 Å². The van der Waals surface area contributed by atoms with E-state index in [0.717, 1.165) is 16.9 Å². The van der Waals surface area contributed by atoms with Crippen LogP contribution >= 0.6 is 11.8 Å². The fraction of sp³-hybridized carbons (Fsp3) is 0.200. The zero-order chi connectivity index (χ0) is 19.0. The molecule has 27 heavy (non-hydrogen) atoms. The highest BCUT2D eigenvalue weighted by molar-refractivity contribution is 8.15. The number of thioether (sulfide) groups is 1. The summed E-state index contributed by atoms with van der Waals surface area (Å²) in [6.45, 7) is 3.57. The summed E-state index contributed by atoms with van der Waals surface area (Å²) in [7, 11) is 0. The van der Waals surface area contributed by atoms with E-state index in [2.05, 4.69) is 15.3 Å². The number of nitrogens with one attached hydrogen (secondary N) is 1. The summed E-state index contributed by atoms with van der Waals surface area (Å²) >= 11 is 1.26. The van der Waals surface area contributed by atoms with Gasteiger partial charge < -0.3 is 5.32 Å². The van der Waals surface area contributed by atoms with Crippen molar-refractivity contribution >= 4 is 46.0 Å². The Morgan fingerprint density at radius 3 is 2.63 bits per heavy atom. The molecule has 0 fully saturated rings. The lowest BCUT2D eigenvalue weighted by molar-refractivity contribution is -0.124. The molecule has 6 nitrogen and oxygen atoms in total. The smallest absolute Gasteiger partial charge is 0.258 e. The van der Waals surface area contributed by atoms with Crippen LogP contribution in [0.15, 0.2) is 64.6 Å². The van der Waals surface area contributed by atoms with Crippen molar-refractivity contribution in [1.82, 2.24) is 4.90 Å². The predicted octanol–water partition coefficient (Wildman–Crippen LogP) is 3.43. The molecule has 0 unspecified atom stereocenters. The minimum Gasteiger partial charge on any atom is -0.325 e. The van der Waals surface area contributed by atoms with Crippen molar-refractivity contribution in [3.05, 3.63) is 60.2 Å². The third kappa shape index (κ3) is 3.26. The molecule has 136 valence electrons. The summed E-state index contributed by atoms with van der Waals surface area (Å²) < 4.78 is 0. The number of benzene rings is 2. The molecule has 1 N–H and O–H groups in total. The number of hydrogen-bond donors (Lipinski definition) is 1. The third-order valence-electron chi connectivity index (χ3n) is 4.35. The van der Waals surface area contributed by atoms with Gasteiger partial charge in [-0.15, -0.1) is 0 Å². The van der Waals surface area contributed by atoms with Crippen LogP contribution in [0.4, 0.5) is 11.4 Å². The Morgan fingerprint density at radius 2 is 1.85 bits per heavy atom. The molecule has 0 bridgehead atoms. The van der Waals surface area contributed by atoms with Gasteiger partial charge in [0.1, 0.15) is 11.9 Å². The lowest BCUT2D eigenvalue weighted by atomic mass is 10.1. The van der Waals surface area contributed by atoms with E-state index in [0.29, 0.717) is 11.0 Å². The Balaban J connectivity index is 1.59. The number of hydrogen-bond acceptors (Lipinski definition) is 5. The molecule has 0 spiro atoms. The molecule has 2 aromatic carbocycles. The Labute approximate surface area is 161 Å². The molecule has 0 aromatic heterocycles. The van der Waals surface area contributed by atoms with Crippen LogP contribution in [0.5, 0.6) is 0 Å². The molecule has 0 radical (unpaired) electrons. The maximum Gasteiger partial charge on any atom is 0.258 e. The summed E-state index contributed by atoms with van der Waals surface area (Å²) in [6.07, 6.45) is 0. The van der Waals surface area contributed by atoms with Crippen LogP contribution in [0.1, 0.15) is 19.4 Å². The first-order valence-corrected chi connectivity index (χ1v) is 9.55. The number of aliphatic imine (C=N–C) groups is 2. The van der Waals surface area contributed by atoms with Gasteiger partial charge in [-0.3, -0.25) is 14.6 Å². The van der Waals surface area contributed by atoms with Crippen molar-refractivity contribution in [2.75, 3.05) is 5.32 Å². The Morgan fingerprint density at radius 1 is 1.15 bits per heavy atom. The minimum atomic E-state index is -0.453. The van der Waals surface area contributed by atoms with Gasteiger partial charge in [0.25, 0.3) is 5.91 Å². The second kappa shape index (κ2) is 7.00. The fourth-order valence-corrected chi connectivity index (χ4v) is 3.85. The second-order valence-electron chi connectivity index (χ2n) is 6.33. The largest absolute Gasteiger partial charge is 0.325 e. The van der Waals surface area contributed by atoms with E-state index < -0.39 is 11.3 Å². The summed E-state index contributed by atoms with van der Waals surface area (Å²) in [5.41, 5.74) is 2.33. The van der Waals surface area contributed by atoms with E-state index >= 15 is 0 Å². The predicted molar refractivity (Wildman–Crippen MR) is 109 cm³/mol. The number of carbonyl (C=O) groups is 2. The van der Waals surface area contributed by atoms with Crippen LogP contribution in [0.2, 0.25) is 0 Å². The van der Waals surface area contributed by atoms with Crippen LogP contribution in [0, 0.1) is 0 Å². The van der Waals surface area contributed by atoms with E-state index in [9.17, 15) is 9.59 Å². The van der Waals surface area contributed by atoms with Crippen LogP contribution in [0.25, 0.3) is 0 Å². The van der Waals surface area contributed by atoms with Gasteiger partial charge in [-0.2, -0.15) is 0 Å². The summed E-state index contributed by atoms with van der Waals surface area (Å²) in [5, 5.41) is 2.93. The lowest BCUT2D eigenvalue weighted by Gasteiger charge is -2.26. The zero-order valence-electron chi connectivity index (χ0n) is 14.9. The molecule has 0 saturated carbocycles. The highest BCUT2D eigenvalue weighted by Gasteiger charge is 2.40. The molecule has 2 aromatic rings. The normalized spacial score (nSPS) is 19.0. The van der Waals surface area contributed by atoms with E-state index in [1.54, 1.807) is 13.8 Å². The first-order chi connectivity index (χ1) is 13.0. The lowest BCUT2D eigenvalue weighted by Crippen LogP contribution is -2.41. The number of carbonyl (C=O) groups excluding carboxylic acids is 2. The van der Waals surface area contributed by atoms with Crippen molar-refractivity contribution < 1.29 is 9.59 Å². The second-order valence-corrected chi connectivity index (χ2v) is 7.64. The molecule has 7 heteroatoms. The van der Waals surface area contributed by atoms with Gasteiger partial charge in [-0.1, -0.05) is 42.1 Å². The molecular weight excluding hydrogens is 360 g/mol. The molecule has 2 heterocycles. The first-order valence-electron chi connectivity index (χ1n) is 8.67. The topological polar surface area (TPSA) is 74.1 Å². The van der Waals surface area contributed by atoms with E-state index in [1.165, 1.54) is 16.7 Å². The highest BCUT2D eigenvalue weighted by atomic mass is 32.2. The molecule has 0 saturated heterocycles. The number of para-hydroxylation sites is 2. The number of amidine groups is 2. The van der Waals surface area contributed by atoms with E-state index in [-0.39, 0.29) is 11.8 Å². The quantitative estimate of drug-likeness (QED) is 0.889. The van der Waals surface area contributed by atoms with Crippen LogP contribution in [-0.2, 0) is 9.59 Å². The van der Waals surface area contributed by atoms with E-state index in [4.69, 9.17) is 0 Å². The molecule has 4 rings (SSSR count). The Kier molecular flexibility index (Phi) is 4.53. The first kappa shape index (κ1) is 17.5. The minimum absolute atomic E-state index is 0.124. The molecule has 0 aliphatic carbocycles. The number of fused-ring (bicyclic) bond motifs is 3. The van der Waals surface area contributed by atoms with Gasteiger partial charge in [0.05, 0.1) is 10.9 Å². The average molecular weight is 378 g/mol. The summed E-state index contributed by atoms with van der Waals surface area (Å²) in [6, 6.07) is 16.4. The number of nitrogens with zero attached hydrogens (tertiary/aromatic N) is 3. The maximum absolute atomic E-state index is 12.6. The Hall–Kier alpha value is -2.93. The van der Waals surface area contributed by atoms with Crippen molar-refractivity contribution in [3.8, 4) is 0 Å². The van der Waals surface area contributed by atoms with Crippen LogP contribution in [0.3, 0.4) is 0 Å². The average Bonchev–Trinajstić information content (AvgIpc) is 2.98. The SMILES string of the molecule is C[C@@H]1N=C2c3ccccc3N=C(S[C@@H](C)C(=O)Nc3ccccc3)N2C1=O. The van der Waals surface area contributed by atoms with Gasteiger partial charge in [-0.05, 0) is 38.1 Å². The van der Waals surface area contributed by atoms with Crippen molar-refractivity contribution in [3.63, 3.8) is 0 Å². The number of rotatable bonds is 3. The molecule has 2 aliphatic rings. The highest BCUT2D eigenvalue weighted by Crippen LogP contribution is 2.34. The molecule has 2 atom stereocenters. The van der Waals surface area contributed by atoms with Gasteiger partial charge in [0.2, 0.25) is 5.91 Å². The monoisotopic (exact) mass is 378 g/mol. The molecular formula is C20H18N4O2S. The van der Waals surface area contributed by atoms with E-state index in [1.807, 2.05) is 54.6 Å². The standard InChI is InChI=1S/C20H18N4O2S/c1-12-19(26)24-17(21-12)15-10-6-7-11-16(15)23-20(24)27-13(2)18(25)22-14-8-4-3-5-9-14/h3-13H,1-2H3,(H,22,25)/t12-,13-/m0/s1. The number of anilines is 1. The van der Waals surface area contributed by atoms with Gasteiger partial charge in [0.15, 0.2) is 5.17 Å². The maximum atomic E-state index is 12.6. The third-order valence-corrected chi connectivity index (χ3v) is 5.40. The van der Waals surface area contributed by atoms with Crippen molar-refractivity contribution in [2.45, 2.75) is 25.1 Å². The van der Waals surface area contributed by atoms with Crippen LogP contribution < -0.4 is 5.32 Å². The Bertz CT molecular complexity index is 971. The van der Waals surface area contributed by atoms with Gasteiger partial charge in [-0.25, -0.2) is 9.89 Å². The fourth-order valence-electron chi connectivity index (χ4n) is 2.93. The summed E-state index contributed by atoms with van der Waals surface area (Å²) in [5.74, 6) is 0.337. The zero-order valence-corrected chi connectivity index (χ0v) is 15.7. The van der Waals surface area contributed by atoms with Gasteiger partial charge >= 0.3 is 0 Å². The summed E-state index contributed by atoms with van der Waals surface area (Å²) in [4.78, 5) is 35.8.